The fraction of sp³-hybridized carbons (Fsp3) is 0.231. The highest BCUT2D eigenvalue weighted by molar-refractivity contribution is 7.10. The Labute approximate surface area is 120 Å². The second kappa shape index (κ2) is 5.38. The lowest BCUT2D eigenvalue weighted by atomic mass is 10.1. The predicted octanol–water partition coefficient (Wildman–Crippen LogP) is 2.75. The van der Waals surface area contributed by atoms with Crippen molar-refractivity contribution in [2.75, 3.05) is 6.61 Å². The smallest absolute Gasteiger partial charge is 0.161 e. The van der Waals surface area contributed by atoms with E-state index >= 15 is 0 Å². The number of nitrogens with two attached hydrogens (primary N) is 1. The molecular weight excluding hydrogens is 284 g/mol. The molecule has 1 aromatic carbocycles. The number of ether oxygens (including phenoxy) is 2. The third-order valence-electron chi connectivity index (χ3n) is 3.01. The number of thiophene rings is 1. The van der Waals surface area contributed by atoms with Crippen LogP contribution in [0.3, 0.4) is 0 Å². The number of hydrazine groups is 1. The van der Waals surface area contributed by atoms with E-state index in [9.17, 15) is 0 Å². The Bertz CT molecular complexity index is 575. The van der Waals surface area contributed by atoms with Crippen molar-refractivity contribution in [3.05, 3.63) is 45.6 Å². The molecule has 2 atom stereocenters. The maximum absolute atomic E-state index is 6.15. The van der Waals surface area contributed by atoms with Crippen LogP contribution in [0.5, 0.6) is 11.5 Å². The summed E-state index contributed by atoms with van der Waals surface area (Å²) in [5.41, 5.74) is 2.77. The van der Waals surface area contributed by atoms with Crippen molar-refractivity contribution in [2.45, 2.75) is 12.1 Å². The zero-order chi connectivity index (χ0) is 13.2. The van der Waals surface area contributed by atoms with Crippen LogP contribution in [-0.4, -0.2) is 12.7 Å². The first-order chi connectivity index (χ1) is 9.29. The molecule has 0 fully saturated rings. The van der Waals surface area contributed by atoms with Gasteiger partial charge in [-0.3, -0.25) is 5.84 Å². The Morgan fingerprint density at radius 3 is 2.79 bits per heavy atom. The summed E-state index contributed by atoms with van der Waals surface area (Å²) in [6.07, 6.45) is -0.212. The number of rotatable bonds is 3. The topological polar surface area (TPSA) is 56.5 Å². The quantitative estimate of drug-likeness (QED) is 0.675. The minimum Gasteiger partial charge on any atom is -0.486 e. The largest absolute Gasteiger partial charge is 0.486 e. The van der Waals surface area contributed by atoms with Crippen LogP contribution in [-0.2, 0) is 0 Å². The molecule has 1 aliphatic rings. The average molecular weight is 297 g/mol. The van der Waals surface area contributed by atoms with Gasteiger partial charge >= 0.3 is 0 Å². The Morgan fingerprint density at radius 1 is 1.32 bits per heavy atom. The van der Waals surface area contributed by atoms with Gasteiger partial charge in [0.2, 0.25) is 0 Å². The fourth-order valence-corrected chi connectivity index (χ4v) is 3.37. The summed E-state index contributed by atoms with van der Waals surface area (Å²) in [6.45, 7) is 0.431. The van der Waals surface area contributed by atoms with E-state index < -0.39 is 0 Å². The highest BCUT2D eigenvalue weighted by Crippen LogP contribution is 2.37. The van der Waals surface area contributed by atoms with Gasteiger partial charge in [-0.2, -0.15) is 0 Å². The van der Waals surface area contributed by atoms with Gasteiger partial charge in [0.05, 0.1) is 11.1 Å². The van der Waals surface area contributed by atoms with E-state index in [1.807, 2.05) is 35.7 Å². The molecule has 0 radical (unpaired) electrons. The molecule has 19 heavy (non-hydrogen) atoms. The SMILES string of the molecule is NNC(c1sccc1Cl)C1COc2ccccc2O1. The van der Waals surface area contributed by atoms with Crippen LogP contribution in [0.4, 0.5) is 0 Å². The molecule has 0 bridgehead atoms. The van der Waals surface area contributed by atoms with Gasteiger partial charge in [-0.15, -0.1) is 11.3 Å². The molecule has 2 aromatic rings. The molecule has 0 amide bonds. The second-order valence-corrected chi connectivity index (χ2v) is 5.55. The summed E-state index contributed by atoms with van der Waals surface area (Å²) in [6, 6.07) is 9.24. The van der Waals surface area contributed by atoms with Gasteiger partial charge in [0, 0.05) is 4.88 Å². The fourth-order valence-electron chi connectivity index (χ4n) is 2.08. The minimum atomic E-state index is -0.212. The zero-order valence-electron chi connectivity index (χ0n) is 10.0. The monoisotopic (exact) mass is 296 g/mol. The highest BCUT2D eigenvalue weighted by Gasteiger charge is 2.31. The molecule has 1 aromatic heterocycles. The molecule has 1 aliphatic heterocycles. The first-order valence-electron chi connectivity index (χ1n) is 5.87. The Kier molecular flexibility index (Phi) is 3.61. The van der Waals surface area contributed by atoms with Crippen molar-refractivity contribution in [2.24, 2.45) is 5.84 Å². The van der Waals surface area contributed by atoms with Gasteiger partial charge in [-0.1, -0.05) is 23.7 Å². The number of benzene rings is 1. The number of nitrogens with one attached hydrogen (secondary N) is 1. The molecule has 100 valence electrons. The first kappa shape index (κ1) is 12.7. The van der Waals surface area contributed by atoms with Crippen LogP contribution < -0.4 is 20.7 Å². The number of hydrogen-bond donors (Lipinski definition) is 2. The lowest BCUT2D eigenvalue weighted by Crippen LogP contribution is -2.44. The Hall–Kier alpha value is -1.27. The molecule has 2 heterocycles. The minimum absolute atomic E-state index is 0.194. The highest BCUT2D eigenvalue weighted by atomic mass is 35.5. The van der Waals surface area contributed by atoms with E-state index in [0.717, 1.165) is 16.4 Å². The van der Waals surface area contributed by atoms with Crippen LogP contribution in [0.1, 0.15) is 10.9 Å². The van der Waals surface area contributed by atoms with Crippen molar-refractivity contribution in [1.29, 1.82) is 0 Å². The van der Waals surface area contributed by atoms with E-state index in [0.29, 0.717) is 11.6 Å². The predicted molar refractivity (Wildman–Crippen MR) is 75.7 cm³/mol. The molecule has 3 N–H and O–H groups in total. The standard InChI is InChI=1S/C13H13ClN2O2S/c14-8-5-6-19-13(8)12(16-15)11-7-17-9-3-1-2-4-10(9)18-11/h1-6,11-12,16H,7,15H2. The van der Waals surface area contributed by atoms with Crippen LogP contribution in [0, 0.1) is 0 Å². The first-order valence-corrected chi connectivity index (χ1v) is 7.13. The van der Waals surface area contributed by atoms with Gasteiger partial charge < -0.3 is 9.47 Å². The summed E-state index contributed by atoms with van der Waals surface area (Å²) in [5.74, 6) is 7.13. The summed E-state index contributed by atoms with van der Waals surface area (Å²) >= 11 is 7.70. The molecule has 3 rings (SSSR count). The molecule has 0 aliphatic carbocycles. The number of halogens is 1. The number of para-hydroxylation sites is 2. The maximum atomic E-state index is 6.15. The van der Waals surface area contributed by atoms with Crippen LogP contribution in [0.15, 0.2) is 35.7 Å². The van der Waals surface area contributed by atoms with Crippen LogP contribution in [0.25, 0.3) is 0 Å². The van der Waals surface area contributed by atoms with Crippen molar-refractivity contribution in [3.8, 4) is 11.5 Å². The lowest BCUT2D eigenvalue weighted by Gasteiger charge is -2.31. The third-order valence-corrected chi connectivity index (χ3v) is 4.45. The van der Waals surface area contributed by atoms with E-state index in [1.54, 1.807) is 11.3 Å². The van der Waals surface area contributed by atoms with Gasteiger partial charge in [-0.05, 0) is 23.6 Å². The number of fused-ring (bicyclic) bond motifs is 1. The van der Waals surface area contributed by atoms with Gasteiger partial charge in [0.15, 0.2) is 17.6 Å². The van der Waals surface area contributed by atoms with Crippen LogP contribution in [0.2, 0.25) is 5.02 Å². The molecule has 0 saturated carbocycles. The molecule has 4 nitrogen and oxygen atoms in total. The van der Waals surface area contributed by atoms with E-state index in [-0.39, 0.29) is 12.1 Å². The summed E-state index contributed by atoms with van der Waals surface area (Å²) in [5, 5.41) is 2.62. The van der Waals surface area contributed by atoms with Crippen molar-refractivity contribution < 1.29 is 9.47 Å². The molecule has 0 saturated heterocycles. The molecule has 2 unspecified atom stereocenters. The summed E-state index contributed by atoms with van der Waals surface area (Å²) < 4.78 is 11.6. The van der Waals surface area contributed by atoms with Crippen molar-refractivity contribution in [3.63, 3.8) is 0 Å². The van der Waals surface area contributed by atoms with Gasteiger partial charge in [0.1, 0.15) is 6.61 Å². The zero-order valence-corrected chi connectivity index (χ0v) is 11.6. The van der Waals surface area contributed by atoms with E-state index in [1.165, 1.54) is 0 Å². The normalized spacial score (nSPS) is 19.2. The van der Waals surface area contributed by atoms with E-state index in [4.69, 9.17) is 26.9 Å². The van der Waals surface area contributed by atoms with E-state index in [2.05, 4.69) is 5.43 Å². The van der Waals surface area contributed by atoms with Crippen molar-refractivity contribution >= 4 is 22.9 Å². The van der Waals surface area contributed by atoms with Crippen molar-refractivity contribution in [1.82, 2.24) is 5.43 Å². The molecule has 0 spiro atoms. The van der Waals surface area contributed by atoms with Crippen LogP contribution >= 0.6 is 22.9 Å². The Balaban J connectivity index is 1.85. The van der Waals surface area contributed by atoms with Gasteiger partial charge in [0.25, 0.3) is 0 Å². The third kappa shape index (κ3) is 2.42. The maximum Gasteiger partial charge on any atom is 0.161 e. The van der Waals surface area contributed by atoms with Gasteiger partial charge in [-0.25, -0.2) is 5.43 Å². The summed E-state index contributed by atoms with van der Waals surface area (Å²) in [4.78, 5) is 0.956. The number of hydrogen-bond acceptors (Lipinski definition) is 5. The summed E-state index contributed by atoms with van der Waals surface area (Å²) in [7, 11) is 0. The second-order valence-electron chi connectivity index (χ2n) is 4.19. The lowest BCUT2D eigenvalue weighted by molar-refractivity contribution is 0.0626. The molecule has 6 heteroatoms. The average Bonchev–Trinajstić information content (AvgIpc) is 2.86. The molecular formula is C13H13ClN2O2S. The Morgan fingerprint density at radius 2 is 2.11 bits per heavy atom.